The Labute approximate surface area is 140 Å². The van der Waals surface area contributed by atoms with Crippen LogP contribution >= 0.6 is 0 Å². The number of ether oxygens (including phenoxy) is 2. The summed E-state index contributed by atoms with van der Waals surface area (Å²) in [6.07, 6.45) is 1.21. The highest BCUT2D eigenvalue weighted by Crippen LogP contribution is 2.30. The number of esters is 1. The lowest BCUT2D eigenvalue weighted by molar-refractivity contribution is -0.137. The second-order valence-electron chi connectivity index (χ2n) is 5.31. The van der Waals surface area contributed by atoms with Crippen LogP contribution in [-0.4, -0.2) is 31.3 Å². The molecule has 0 aliphatic rings. The number of carbonyl (C=O) groups excluding carboxylic acids is 1. The van der Waals surface area contributed by atoms with Gasteiger partial charge in [-0.15, -0.1) is 0 Å². The summed E-state index contributed by atoms with van der Waals surface area (Å²) < 4.78 is 10.2. The van der Waals surface area contributed by atoms with Gasteiger partial charge in [0, 0.05) is 6.42 Å². The number of rotatable bonds is 7. The second kappa shape index (κ2) is 8.15. The van der Waals surface area contributed by atoms with Crippen molar-refractivity contribution in [1.29, 1.82) is 0 Å². The lowest BCUT2D eigenvalue weighted by atomic mass is 9.96. The maximum Gasteiger partial charge on any atom is 0.338 e. The van der Waals surface area contributed by atoms with Crippen LogP contribution in [0.4, 0.5) is 0 Å². The number of carboxylic acid groups (broad SMARTS) is 1. The molecule has 24 heavy (non-hydrogen) atoms. The number of carbonyl (C=O) groups is 2. The predicted octanol–water partition coefficient (Wildman–Crippen LogP) is 3.56. The van der Waals surface area contributed by atoms with E-state index in [0.717, 1.165) is 16.7 Å². The number of carboxylic acids is 1. The summed E-state index contributed by atoms with van der Waals surface area (Å²) in [6.45, 7) is 0. The molecule has 5 heteroatoms. The standard InChI is InChI=1S/C19H20O5/c1-23-17-11-10-13(12-14(17)6-5-9-18(20)21)15-7-3-4-8-16(15)19(22)24-2/h3-4,7-8,10-12H,5-6,9H2,1-2H3,(H,20,21). The molecule has 0 spiro atoms. The molecule has 0 amide bonds. The molecule has 0 aliphatic heterocycles. The Kier molecular flexibility index (Phi) is 5.95. The minimum Gasteiger partial charge on any atom is -0.496 e. The van der Waals surface area contributed by atoms with Gasteiger partial charge in [0.25, 0.3) is 0 Å². The van der Waals surface area contributed by atoms with E-state index in [-0.39, 0.29) is 6.42 Å². The van der Waals surface area contributed by atoms with E-state index in [1.54, 1.807) is 19.2 Å². The molecule has 0 bridgehead atoms. The van der Waals surface area contributed by atoms with Gasteiger partial charge in [-0.1, -0.05) is 24.3 Å². The SMILES string of the molecule is COC(=O)c1ccccc1-c1ccc(OC)c(CCCC(=O)O)c1. The van der Waals surface area contributed by atoms with Crippen molar-refractivity contribution in [3.05, 3.63) is 53.6 Å². The molecule has 5 nitrogen and oxygen atoms in total. The summed E-state index contributed by atoms with van der Waals surface area (Å²) >= 11 is 0. The minimum absolute atomic E-state index is 0.103. The molecule has 2 aromatic rings. The Morgan fingerprint density at radius 1 is 1.08 bits per heavy atom. The lowest BCUT2D eigenvalue weighted by Gasteiger charge is -2.13. The van der Waals surface area contributed by atoms with Crippen LogP contribution in [0.1, 0.15) is 28.8 Å². The van der Waals surface area contributed by atoms with Crippen LogP contribution in [0.3, 0.4) is 0 Å². The molecule has 1 N–H and O–H groups in total. The summed E-state index contributed by atoms with van der Waals surface area (Å²) in [5.41, 5.74) is 3.03. The highest BCUT2D eigenvalue weighted by atomic mass is 16.5. The van der Waals surface area contributed by atoms with Crippen LogP contribution in [0.5, 0.6) is 5.75 Å². The molecule has 126 valence electrons. The first-order chi connectivity index (χ1) is 11.6. The van der Waals surface area contributed by atoms with Gasteiger partial charge < -0.3 is 14.6 Å². The van der Waals surface area contributed by atoms with Gasteiger partial charge in [0.1, 0.15) is 5.75 Å². The third-order valence-corrected chi connectivity index (χ3v) is 3.76. The van der Waals surface area contributed by atoms with Gasteiger partial charge in [-0.2, -0.15) is 0 Å². The molecule has 0 saturated carbocycles. The fourth-order valence-corrected chi connectivity index (χ4v) is 2.59. The summed E-state index contributed by atoms with van der Waals surface area (Å²) in [5.74, 6) is -0.505. The number of benzene rings is 2. The molecule has 0 unspecified atom stereocenters. The van der Waals surface area contributed by atoms with Gasteiger partial charge in [0.15, 0.2) is 0 Å². The molecular weight excluding hydrogens is 308 g/mol. The Morgan fingerprint density at radius 2 is 1.83 bits per heavy atom. The Morgan fingerprint density at radius 3 is 2.50 bits per heavy atom. The van der Waals surface area contributed by atoms with Crippen LogP contribution < -0.4 is 4.74 Å². The average Bonchev–Trinajstić information content (AvgIpc) is 2.60. The highest BCUT2D eigenvalue weighted by Gasteiger charge is 2.14. The van der Waals surface area contributed by atoms with Crippen molar-refractivity contribution in [1.82, 2.24) is 0 Å². The molecule has 0 atom stereocenters. The normalized spacial score (nSPS) is 10.2. The minimum atomic E-state index is -0.818. The Balaban J connectivity index is 2.38. The number of aliphatic carboxylic acids is 1. The van der Waals surface area contributed by atoms with Gasteiger partial charge in [-0.3, -0.25) is 4.79 Å². The summed E-state index contributed by atoms with van der Waals surface area (Å²) in [4.78, 5) is 22.7. The van der Waals surface area contributed by atoms with Crippen molar-refractivity contribution in [3.8, 4) is 16.9 Å². The largest absolute Gasteiger partial charge is 0.496 e. The second-order valence-corrected chi connectivity index (χ2v) is 5.31. The lowest BCUT2D eigenvalue weighted by Crippen LogP contribution is -2.03. The fourth-order valence-electron chi connectivity index (χ4n) is 2.59. The molecule has 0 fully saturated rings. The van der Waals surface area contributed by atoms with Crippen molar-refractivity contribution in [3.63, 3.8) is 0 Å². The molecule has 0 aliphatic carbocycles. The van der Waals surface area contributed by atoms with Crippen LogP contribution in [0.2, 0.25) is 0 Å². The quantitative estimate of drug-likeness (QED) is 0.787. The van der Waals surface area contributed by atoms with Crippen molar-refractivity contribution in [2.45, 2.75) is 19.3 Å². The first-order valence-corrected chi connectivity index (χ1v) is 7.63. The molecule has 2 aromatic carbocycles. The summed E-state index contributed by atoms with van der Waals surface area (Å²) in [7, 11) is 2.93. The average molecular weight is 328 g/mol. The number of methoxy groups -OCH3 is 2. The molecule has 0 radical (unpaired) electrons. The first-order valence-electron chi connectivity index (χ1n) is 7.63. The van der Waals surface area contributed by atoms with E-state index in [0.29, 0.717) is 24.2 Å². The number of hydrogen-bond donors (Lipinski definition) is 1. The smallest absolute Gasteiger partial charge is 0.338 e. The predicted molar refractivity (Wildman–Crippen MR) is 90.3 cm³/mol. The topological polar surface area (TPSA) is 72.8 Å². The van der Waals surface area contributed by atoms with Gasteiger partial charge in [-0.25, -0.2) is 4.79 Å². The van der Waals surface area contributed by atoms with Crippen molar-refractivity contribution >= 4 is 11.9 Å². The molecule has 0 heterocycles. The van der Waals surface area contributed by atoms with Crippen LogP contribution in [0.15, 0.2) is 42.5 Å². The third kappa shape index (κ3) is 4.13. The van der Waals surface area contributed by atoms with Crippen LogP contribution in [0.25, 0.3) is 11.1 Å². The maximum absolute atomic E-state index is 12.0. The van der Waals surface area contributed by atoms with E-state index in [1.807, 2.05) is 30.3 Å². The Bertz CT molecular complexity index is 736. The molecule has 2 rings (SSSR count). The van der Waals surface area contributed by atoms with Crippen molar-refractivity contribution in [2.24, 2.45) is 0 Å². The van der Waals surface area contributed by atoms with Gasteiger partial charge >= 0.3 is 11.9 Å². The highest BCUT2D eigenvalue weighted by molar-refractivity contribution is 5.97. The Hall–Kier alpha value is -2.82. The fraction of sp³-hybridized carbons (Fsp3) is 0.263. The van der Waals surface area contributed by atoms with Gasteiger partial charge in [0.05, 0.1) is 19.8 Å². The molecule has 0 aromatic heterocycles. The van der Waals surface area contributed by atoms with E-state index >= 15 is 0 Å². The van der Waals surface area contributed by atoms with Crippen molar-refractivity contribution in [2.75, 3.05) is 14.2 Å². The maximum atomic E-state index is 12.0. The van der Waals surface area contributed by atoms with E-state index in [9.17, 15) is 9.59 Å². The summed E-state index contributed by atoms with van der Waals surface area (Å²) in [6, 6.07) is 12.9. The van der Waals surface area contributed by atoms with E-state index in [2.05, 4.69) is 0 Å². The van der Waals surface area contributed by atoms with Crippen molar-refractivity contribution < 1.29 is 24.2 Å². The zero-order valence-corrected chi connectivity index (χ0v) is 13.7. The van der Waals surface area contributed by atoms with E-state index in [4.69, 9.17) is 14.6 Å². The summed E-state index contributed by atoms with van der Waals surface area (Å²) in [5, 5.41) is 8.79. The van der Waals surface area contributed by atoms with Crippen LogP contribution in [-0.2, 0) is 16.0 Å². The van der Waals surface area contributed by atoms with Crippen LogP contribution in [0, 0.1) is 0 Å². The monoisotopic (exact) mass is 328 g/mol. The zero-order valence-electron chi connectivity index (χ0n) is 13.7. The molecule has 0 saturated heterocycles. The number of aryl methyl sites for hydroxylation is 1. The van der Waals surface area contributed by atoms with Gasteiger partial charge in [-0.05, 0) is 47.7 Å². The number of hydrogen-bond acceptors (Lipinski definition) is 4. The first kappa shape index (κ1) is 17.5. The van der Waals surface area contributed by atoms with E-state index in [1.165, 1.54) is 7.11 Å². The molecular formula is C19H20O5. The third-order valence-electron chi connectivity index (χ3n) is 3.76. The van der Waals surface area contributed by atoms with E-state index < -0.39 is 11.9 Å². The van der Waals surface area contributed by atoms with Gasteiger partial charge in [0.2, 0.25) is 0 Å². The zero-order chi connectivity index (χ0) is 17.5.